The Balaban J connectivity index is 2.28. The maximum absolute atomic E-state index is 13.5. The summed E-state index contributed by atoms with van der Waals surface area (Å²) >= 11 is 0. The summed E-state index contributed by atoms with van der Waals surface area (Å²) < 4.78 is 32.2. The fourth-order valence-corrected chi connectivity index (χ4v) is 1.59. The highest BCUT2D eigenvalue weighted by Gasteiger charge is 2.12. The highest BCUT2D eigenvalue weighted by atomic mass is 19.1. The van der Waals surface area contributed by atoms with Crippen molar-refractivity contribution in [2.24, 2.45) is 0 Å². The molecule has 0 unspecified atom stereocenters. The van der Waals surface area contributed by atoms with Crippen molar-refractivity contribution in [3.63, 3.8) is 0 Å². The third kappa shape index (κ3) is 2.59. The maximum Gasteiger partial charge on any atom is 0.198 e. The second-order valence-corrected chi connectivity index (χ2v) is 3.91. The maximum atomic E-state index is 13.5. The molecule has 18 heavy (non-hydrogen) atoms. The van der Waals surface area contributed by atoms with Crippen LogP contribution in [0.15, 0.2) is 36.4 Å². The fraction of sp³-hybridized carbons (Fsp3) is 0.143. The van der Waals surface area contributed by atoms with E-state index in [1.165, 1.54) is 0 Å². The van der Waals surface area contributed by atoms with Crippen LogP contribution in [-0.2, 0) is 6.42 Å². The second-order valence-electron chi connectivity index (χ2n) is 3.91. The zero-order valence-corrected chi connectivity index (χ0v) is 9.91. The average molecular weight is 249 g/mol. The summed E-state index contributed by atoms with van der Waals surface area (Å²) in [5.74, 6) is -1.68. The topological polar surface area (TPSA) is 35.2 Å². The van der Waals surface area contributed by atoms with Crippen molar-refractivity contribution in [3.8, 4) is 11.5 Å². The molecule has 0 aliphatic carbocycles. The SMILES string of the molecule is CCc1ccc(Oc2c(F)cc(N)cc2F)cc1. The van der Waals surface area contributed by atoms with Crippen LogP contribution in [0.5, 0.6) is 11.5 Å². The van der Waals surface area contributed by atoms with E-state index >= 15 is 0 Å². The quantitative estimate of drug-likeness (QED) is 0.837. The van der Waals surface area contributed by atoms with Crippen LogP contribution >= 0.6 is 0 Å². The van der Waals surface area contributed by atoms with Crippen molar-refractivity contribution in [2.75, 3.05) is 5.73 Å². The molecule has 0 aliphatic heterocycles. The summed E-state index contributed by atoms with van der Waals surface area (Å²) in [7, 11) is 0. The van der Waals surface area contributed by atoms with Crippen molar-refractivity contribution in [1.82, 2.24) is 0 Å². The number of anilines is 1. The molecule has 0 aromatic heterocycles. The zero-order chi connectivity index (χ0) is 13.1. The number of benzene rings is 2. The van der Waals surface area contributed by atoms with E-state index in [0.717, 1.165) is 24.1 Å². The monoisotopic (exact) mass is 249 g/mol. The Morgan fingerprint density at radius 2 is 1.61 bits per heavy atom. The van der Waals surface area contributed by atoms with E-state index in [4.69, 9.17) is 10.5 Å². The summed E-state index contributed by atoms with van der Waals surface area (Å²) in [4.78, 5) is 0. The average Bonchev–Trinajstić information content (AvgIpc) is 2.34. The Labute approximate surface area is 104 Å². The van der Waals surface area contributed by atoms with Crippen LogP contribution in [-0.4, -0.2) is 0 Å². The summed E-state index contributed by atoms with van der Waals surface area (Å²) in [6.07, 6.45) is 0.894. The van der Waals surface area contributed by atoms with Crippen molar-refractivity contribution in [3.05, 3.63) is 53.6 Å². The molecule has 0 saturated heterocycles. The van der Waals surface area contributed by atoms with Gasteiger partial charge >= 0.3 is 0 Å². The molecule has 2 aromatic rings. The predicted octanol–water partition coefficient (Wildman–Crippen LogP) is 3.90. The van der Waals surface area contributed by atoms with E-state index in [1.54, 1.807) is 12.1 Å². The molecule has 4 heteroatoms. The molecule has 2 rings (SSSR count). The lowest BCUT2D eigenvalue weighted by molar-refractivity contribution is 0.408. The van der Waals surface area contributed by atoms with E-state index in [-0.39, 0.29) is 5.69 Å². The first-order valence-corrected chi connectivity index (χ1v) is 5.61. The molecule has 0 heterocycles. The molecule has 0 bridgehead atoms. The van der Waals surface area contributed by atoms with E-state index in [1.807, 2.05) is 19.1 Å². The van der Waals surface area contributed by atoms with Gasteiger partial charge in [-0.1, -0.05) is 19.1 Å². The van der Waals surface area contributed by atoms with Gasteiger partial charge in [0.1, 0.15) is 5.75 Å². The molecule has 0 atom stereocenters. The molecule has 0 fully saturated rings. The van der Waals surface area contributed by atoms with Crippen LogP contribution in [0.4, 0.5) is 14.5 Å². The number of nitrogen functional groups attached to an aromatic ring is 1. The van der Waals surface area contributed by atoms with Gasteiger partial charge in [-0.2, -0.15) is 0 Å². The Morgan fingerprint density at radius 3 is 2.11 bits per heavy atom. The highest BCUT2D eigenvalue weighted by Crippen LogP contribution is 2.29. The smallest absolute Gasteiger partial charge is 0.198 e. The van der Waals surface area contributed by atoms with Gasteiger partial charge in [-0.3, -0.25) is 0 Å². The molecular formula is C14H13F2NO. The van der Waals surface area contributed by atoms with Crippen LogP contribution in [0.2, 0.25) is 0 Å². The van der Waals surface area contributed by atoms with Crippen molar-refractivity contribution in [2.45, 2.75) is 13.3 Å². The Bertz CT molecular complexity index is 529. The standard InChI is InChI=1S/C14H13F2NO/c1-2-9-3-5-11(6-4-9)18-14-12(15)7-10(17)8-13(14)16/h3-8H,2,17H2,1H3. The summed E-state index contributed by atoms with van der Waals surface area (Å²) in [6, 6.07) is 9.10. The number of aryl methyl sites for hydroxylation is 1. The Hall–Kier alpha value is -2.10. The largest absolute Gasteiger partial charge is 0.451 e. The van der Waals surface area contributed by atoms with Crippen LogP contribution in [0.3, 0.4) is 0 Å². The minimum atomic E-state index is -0.813. The molecule has 2 nitrogen and oxygen atoms in total. The van der Waals surface area contributed by atoms with Gasteiger partial charge in [0.05, 0.1) is 0 Å². The lowest BCUT2D eigenvalue weighted by atomic mass is 10.2. The Morgan fingerprint density at radius 1 is 1.06 bits per heavy atom. The lowest BCUT2D eigenvalue weighted by Crippen LogP contribution is -1.95. The normalized spacial score (nSPS) is 10.4. The number of hydrogen-bond donors (Lipinski definition) is 1. The first-order valence-electron chi connectivity index (χ1n) is 5.61. The fourth-order valence-electron chi connectivity index (χ4n) is 1.59. The van der Waals surface area contributed by atoms with Gasteiger partial charge < -0.3 is 10.5 Å². The van der Waals surface area contributed by atoms with E-state index in [2.05, 4.69) is 0 Å². The van der Waals surface area contributed by atoms with E-state index < -0.39 is 17.4 Å². The second kappa shape index (κ2) is 5.04. The minimum Gasteiger partial charge on any atom is -0.451 e. The summed E-state index contributed by atoms with van der Waals surface area (Å²) in [5, 5.41) is 0. The van der Waals surface area contributed by atoms with Crippen LogP contribution in [0.1, 0.15) is 12.5 Å². The van der Waals surface area contributed by atoms with Crippen LogP contribution < -0.4 is 10.5 Å². The molecule has 2 N–H and O–H groups in total. The molecule has 2 aromatic carbocycles. The van der Waals surface area contributed by atoms with E-state index in [9.17, 15) is 8.78 Å². The first kappa shape index (κ1) is 12.4. The number of rotatable bonds is 3. The summed E-state index contributed by atoms with van der Waals surface area (Å²) in [6.45, 7) is 2.02. The highest BCUT2D eigenvalue weighted by molar-refractivity contribution is 5.45. The van der Waals surface area contributed by atoms with Gasteiger partial charge in [0.2, 0.25) is 0 Å². The molecule has 94 valence electrons. The van der Waals surface area contributed by atoms with Crippen LogP contribution in [0.25, 0.3) is 0 Å². The van der Waals surface area contributed by atoms with Gasteiger partial charge in [-0.05, 0) is 24.1 Å². The number of halogens is 2. The molecule has 0 radical (unpaired) electrons. The van der Waals surface area contributed by atoms with Gasteiger partial charge in [-0.25, -0.2) is 8.78 Å². The lowest BCUT2D eigenvalue weighted by Gasteiger charge is -2.09. The van der Waals surface area contributed by atoms with Crippen molar-refractivity contribution >= 4 is 5.69 Å². The van der Waals surface area contributed by atoms with Gasteiger partial charge in [-0.15, -0.1) is 0 Å². The third-order valence-electron chi connectivity index (χ3n) is 2.57. The minimum absolute atomic E-state index is 0.0266. The molecule has 0 spiro atoms. The first-order chi connectivity index (χ1) is 8.60. The molecule has 0 amide bonds. The number of nitrogens with two attached hydrogens (primary N) is 1. The number of hydrogen-bond acceptors (Lipinski definition) is 2. The Kier molecular flexibility index (Phi) is 3.46. The van der Waals surface area contributed by atoms with Gasteiger partial charge in [0.15, 0.2) is 17.4 Å². The molecule has 0 aliphatic rings. The van der Waals surface area contributed by atoms with Crippen LogP contribution in [0, 0.1) is 11.6 Å². The molecular weight excluding hydrogens is 236 g/mol. The van der Waals surface area contributed by atoms with Crippen molar-refractivity contribution in [1.29, 1.82) is 0 Å². The van der Waals surface area contributed by atoms with Crippen molar-refractivity contribution < 1.29 is 13.5 Å². The van der Waals surface area contributed by atoms with Gasteiger partial charge in [0.25, 0.3) is 0 Å². The molecule has 0 saturated carbocycles. The van der Waals surface area contributed by atoms with E-state index in [0.29, 0.717) is 5.75 Å². The third-order valence-corrected chi connectivity index (χ3v) is 2.57. The summed E-state index contributed by atoms with van der Waals surface area (Å²) in [5.41, 5.74) is 6.48. The number of ether oxygens (including phenoxy) is 1. The zero-order valence-electron chi connectivity index (χ0n) is 9.91. The predicted molar refractivity (Wildman–Crippen MR) is 66.7 cm³/mol. The van der Waals surface area contributed by atoms with Gasteiger partial charge in [0, 0.05) is 17.8 Å².